The minimum absolute atomic E-state index is 0.505. The average molecular weight is 268 g/mol. The molecular formula is C11H10BrNO2. The summed E-state index contributed by atoms with van der Waals surface area (Å²) in [4.78, 5) is 4.75. The Labute approximate surface area is 96.2 Å². The van der Waals surface area contributed by atoms with E-state index in [-0.39, 0.29) is 0 Å². The Kier molecular flexibility index (Phi) is 2.77. The van der Waals surface area contributed by atoms with Crippen LogP contribution in [-0.4, -0.2) is 12.1 Å². The van der Waals surface area contributed by atoms with E-state index >= 15 is 0 Å². The molecule has 2 aromatic rings. The van der Waals surface area contributed by atoms with Gasteiger partial charge in [-0.2, -0.15) is 0 Å². The van der Waals surface area contributed by atoms with Crippen LogP contribution in [0.25, 0.3) is 11.3 Å². The fraction of sp³-hybridized carbons (Fsp3) is 0.182. The highest BCUT2D eigenvalue weighted by Crippen LogP contribution is 2.26. The van der Waals surface area contributed by atoms with Crippen molar-refractivity contribution in [3.63, 3.8) is 0 Å². The van der Waals surface area contributed by atoms with Crippen LogP contribution < -0.4 is 4.74 Å². The van der Waals surface area contributed by atoms with E-state index in [1.165, 1.54) is 0 Å². The second-order valence-electron chi connectivity index (χ2n) is 3.10. The fourth-order valence-electron chi connectivity index (χ4n) is 1.38. The maximum Gasteiger partial charge on any atom is 0.264 e. The average Bonchev–Trinajstić information content (AvgIpc) is 2.58. The summed E-state index contributed by atoms with van der Waals surface area (Å²) in [5, 5.41) is 0. The molecule has 0 amide bonds. The molecule has 0 atom stereocenters. The number of benzene rings is 1. The minimum Gasteiger partial charge on any atom is -0.497 e. The minimum atomic E-state index is 0.505. The van der Waals surface area contributed by atoms with Gasteiger partial charge in [0.2, 0.25) is 0 Å². The molecule has 1 aromatic heterocycles. The van der Waals surface area contributed by atoms with E-state index in [9.17, 15) is 0 Å². The van der Waals surface area contributed by atoms with Crippen molar-refractivity contribution in [2.45, 2.75) is 6.92 Å². The first-order valence-electron chi connectivity index (χ1n) is 4.48. The summed E-state index contributed by atoms with van der Waals surface area (Å²) in [7, 11) is 1.65. The highest BCUT2D eigenvalue weighted by atomic mass is 79.9. The van der Waals surface area contributed by atoms with Crippen molar-refractivity contribution in [3.8, 4) is 17.0 Å². The van der Waals surface area contributed by atoms with Crippen molar-refractivity contribution >= 4 is 15.9 Å². The number of halogens is 1. The summed E-state index contributed by atoms with van der Waals surface area (Å²) < 4.78 is 10.4. The number of aromatic nitrogens is 1. The molecule has 4 heteroatoms. The van der Waals surface area contributed by atoms with Crippen LogP contribution in [0.2, 0.25) is 0 Å². The van der Waals surface area contributed by atoms with Gasteiger partial charge in [0, 0.05) is 21.5 Å². The molecule has 0 aliphatic rings. The van der Waals surface area contributed by atoms with Gasteiger partial charge in [-0.3, -0.25) is 0 Å². The zero-order valence-corrected chi connectivity index (χ0v) is 10.0. The van der Waals surface area contributed by atoms with Crippen molar-refractivity contribution in [2.24, 2.45) is 0 Å². The Hall–Kier alpha value is -1.29. The topological polar surface area (TPSA) is 35.3 Å². The van der Waals surface area contributed by atoms with Gasteiger partial charge in [0.05, 0.1) is 7.11 Å². The number of hydrogen-bond donors (Lipinski definition) is 0. The van der Waals surface area contributed by atoms with Gasteiger partial charge >= 0.3 is 0 Å². The van der Waals surface area contributed by atoms with Gasteiger partial charge in [-0.15, -0.1) is 0 Å². The van der Waals surface area contributed by atoms with Gasteiger partial charge < -0.3 is 9.15 Å². The van der Waals surface area contributed by atoms with Crippen LogP contribution in [0.1, 0.15) is 5.76 Å². The zero-order chi connectivity index (χ0) is 10.8. The van der Waals surface area contributed by atoms with Crippen molar-refractivity contribution in [3.05, 3.63) is 34.8 Å². The molecule has 0 fully saturated rings. The summed E-state index contributed by atoms with van der Waals surface area (Å²) in [5.41, 5.74) is 1.87. The second kappa shape index (κ2) is 4.06. The van der Waals surface area contributed by atoms with Crippen molar-refractivity contribution < 1.29 is 9.15 Å². The second-order valence-corrected chi connectivity index (χ2v) is 3.78. The van der Waals surface area contributed by atoms with E-state index < -0.39 is 0 Å². The standard InChI is InChI=1S/C11H10BrNO2/c1-7-10(13-11(12)15-7)8-3-5-9(14-2)6-4-8/h3-6H,1-2H3. The Balaban J connectivity index is 2.41. The van der Waals surface area contributed by atoms with Gasteiger partial charge in [-0.25, -0.2) is 4.98 Å². The lowest BCUT2D eigenvalue weighted by Gasteiger charge is -2.00. The first-order chi connectivity index (χ1) is 7.20. The third kappa shape index (κ3) is 2.04. The number of nitrogens with zero attached hydrogens (tertiary/aromatic N) is 1. The lowest BCUT2D eigenvalue weighted by molar-refractivity contribution is 0.415. The van der Waals surface area contributed by atoms with E-state index in [1.54, 1.807) is 7.11 Å². The number of hydrogen-bond acceptors (Lipinski definition) is 3. The maximum absolute atomic E-state index is 5.30. The van der Waals surface area contributed by atoms with Crippen molar-refractivity contribution in [2.75, 3.05) is 7.11 Å². The Morgan fingerprint density at radius 1 is 1.27 bits per heavy atom. The highest BCUT2D eigenvalue weighted by molar-refractivity contribution is 9.10. The smallest absolute Gasteiger partial charge is 0.264 e. The molecular weight excluding hydrogens is 258 g/mol. The number of methoxy groups -OCH3 is 1. The lowest BCUT2D eigenvalue weighted by Crippen LogP contribution is -1.84. The normalized spacial score (nSPS) is 10.3. The molecule has 0 bridgehead atoms. The van der Waals surface area contributed by atoms with E-state index in [0.717, 1.165) is 22.8 Å². The molecule has 1 aromatic carbocycles. The predicted octanol–water partition coefficient (Wildman–Crippen LogP) is 3.42. The predicted molar refractivity (Wildman–Crippen MR) is 60.9 cm³/mol. The molecule has 0 N–H and O–H groups in total. The van der Waals surface area contributed by atoms with Crippen LogP contribution in [0.4, 0.5) is 0 Å². The van der Waals surface area contributed by atoms with Gasteiger partial charge in [0.1, 0.15) is 17.2 Å². The van der Waals surface area contributed by atoms with Crippen LogP contribution in [0.15, 0.2) is 33.5 Å². The maximum atomic E-state index is 5.30. The van der Waals surface area contributed by atoms with Gasteiger partial charge in [0.15, 0.2) is 0 Å². The number of aryl methyl sites for hydroxylation is 1. The van der Waals surface area contributed by atoms with E-state index in [2.05, 4.69) is 20.9 Å². The molecule has 2 rings (SSSR count). The molecule has 1 heterocycles. The molecule has 3 nitrogen and oxygen atoms in total. The number of oxazole rings is 1. The fourth-order valence-corrected chi connectivity index (χ4v) is 1.80. The Morgan fingerprint density at radius 3 is 2.40 bits per heavy atom. The Bertz CT molecular complexity index is 462. The molecule has 0 saturated carbocycles. The third-order valence-electron chi connectivity index (χ3n) is 2.13. The monoisotopic (exact) mass is 267 g/mol. The van der Waals surface area contributed by atoms with E-state index in [1.807, 2.05) is 31.2 Å². The molecule has 0 aliphatic heterocycles. The van der Waals surface area contributed by atoms with Crippen LogP contribution in [-0.2, 0) is 0 Å². The summed E-state index contributed by atoms with van der Waals surface area (Å²) >= 11 is 3.21. The van der Waals surface area contributed by atoms with Gasteiger partial charge in [-0.05, 0) is 31.2 Å². The first-order valence-corrected chi connectivity index (χ1v) is 5.27. The highest BCUT2D eigenvalue weighted by Gasteiger charge is 2.09. The van der Waals surface area contributed by atoms with E-state index in [4.69, 9.17) is 9.15 Å². The number of rotatable bonds is 2. The van der Waals surface area contributed by atoms with Gasteiger partial charge in [0.25, 0.3) is 4.80 Å². The summed E-state index contributed by atoms with van der Waals surface area (Å²) in [5.74, 6) is 1.63. The molecule has 0 aliphatic carbocycles. The first kappa shape index (κ1) is 10.2. The van der Waals surface area contributed by atoms with Crippen LogP contribution >= 0.6 is 15.9 Å². The molecule has 0 spiro atoms. The third-order valence-corrected chi connectivity index (χ3v) is 2.47. The SMILES string of the molecule is COc1ccc(-c2nc(Br)oc2C)cc1. The van der Waals surface area contributed by atoms with Crippen LogP contribution in [0.3, 0.4) is 0 Å². The van der Waals surface area contributed by atoms with Gasteiger partial charge in [-0.1, -0.05) is 0 Å². The lowest BCUT2D eigenvalue weighted by atomic mass is 10.1. The summed E-state index contributed by atoms with van der Waals surface area (Å²) in [6.45, 7) is 1.89. The quantitative estimate of drug-likeness (QED) is 0.837. The van der Waals surface area contributed by atoms with E-state index in [0.29, 0.717) is 4.80 Å². The number of ether oxygens (including phenoxy) is 1. The van der Waals surface area contributed by atoms with Crippen molar-refractivity contribution in [1.29, 1.82) is 0 Å². The zero-order valence-electron chi connectivity index (χ0n) is 8.45. The van der Waals surface area contributed by atoms with Crippen molar-refractivity contribution in [1.82, 2.24) is 4.98 Å². The molecule has 0 saturated heterocycles. The molecule has 0 unspecified atom stereocenters. The summed E-state index contributed by atoms with van der Waals surface area (Å²) in [6, 6.07) is 7.71. The molecule has 15 heavy (non-hydrogen) atoms. The van der Waals surface area contributed by atoms with Crippen LogP contribution in [0.5, 0.6) is 5.75 Å². The summed E-state index contributed by atoms with van der Waals surface area (Å²) in [6.07, 6.45) is 0. The largest absolute Gasteiger partial charge is 0.497 e. The Morgan fingerprint density at radius 2 is 1.93 bits per heavy atom. The molecule has 0 radical (unpaired) electrons. The molecule has 78 valence electrons. The van der Waals surface area contributed by atoms with Crippen LogP contribution in [0, 0.1) is 6.92 Å².